The number of amides is 2. The molecule has 0 aliphatic heterocycles. The third-order valence-corrected chi connectivity index (χ3v) is 6.16. The fourth-order valence-corrected chi connectivity index (χ4v) is 3.94. The topological polar surface area (TPSA) is 105 Å². The summed E-state index contributed by atoms with van der Waals surface area (Å²) in [5, 5.41) is 15.4. The summed E-state index contributed by atoms with van der Waals surface area (Å²) in [4.78, 5) is 37.3. The van der Waals surface area contributed by atoms with Crippen LogP contribution in [0.25, 0.3) is 0 Å². The van der Waals surface area contributed by atoms with Crippen LogP contribution in [0.1, 0.15) is 88.9 Å². The van der Waals surface area contributed by atoms with E-state index in [2.05, 4.69) is 83.1 Å². The maximum atomic E-state index is 12.9. The molecule has 1 aromatic carbocycles. The van der Waals surface area contributed by atoms with E-state index in [9.17, 15) is 19.5 Å². The van der Waals surface area contributed by atoms with Crippen molar-refractivity contribution >= 4 is 23.5 Å². The molecule has 1 aromatic rings. The minimum atomic E-state index is -0.729. The Bertz CT molecular complexity index is 1160. The average molecular weight is 591 g/mol. The SMILES string of the molecule is CC/C=C\C/C=C\C/C=C\C/C=C\C/C=C\C/C=C\CCC(=O)NC(CC(C)C)C(=O)Nc1ccc(O)c(C(=O)OC)c1. The number of carbonyl (C=O) groups is 3. The lowest BCUT2D eigenvalue weighted by Crippen LogP contribution is -2.44. The predicted molar refractivity (Wildman–Crippen MR) is 177 cm³/mol. The van der Waals surface area contributed by atoms with Gasteiger partial charge in [0.05, 0.1) is 7.11 Å². The fourth-order valence-electron chi connectivity index (χ4n) is 3.94. The molecule has 0 aromatic heterocycles. The van der Waals surface area contributed by atoms with Crippen molar-refractivity contribution in [3.63, 3.8) is 0 Å². The quantitative estimate of drug-likeness (QED) is 0.0808. The number of ether oxygens (including phenoxy) is 1. The van der Waals surface area contributed by atoms with Gasteiger partial charge in [0.1, 0.15) is 17.4 Å². The summed E-state index contributed by atoms with van der Waals surface area (Å²) in [6.07, 6.45) is 32.7. The minimum absolute atomic E-state index is 0.0545. The molecule has 0 saturated carbocycles. The van der Waals surface area contributed by atoms with E-state index in [4.69, 9.17) is 0 Å². The van der Waals surface area contributed by atoms with Crippen LogP contribution in [0, 0.1) is 5.92 Å². The highest BCUT2D eigenvalue weighted by atomic mass is 16.5. The van der Waals surface area contributed by atoms with E-state index in [0.717, 1.165) is 38.5 Å². The first-order valence-corrected chi connectivity index (χ1v) is 15.2. The average Bonchev–Trinajstić information content (AvgIpc) is 2.98. The molecule has 7 nitrogen and oxygen atoms in total. The molecule has 0 radical (unpaired) electrons. The number of aromatic hydroxyl groups is 1. The summed E-state index contributed by atoms with van der Waals surface area (Å²) in [7, 11) is 1.21. The van der Waals surface area contributed by atoms with Crippen molar-refractivity contribution in [2.24, 2.45) is 5.92 Å². The summed E-state index contributed by atoms with van der Waals surface area (Å²) in [5.74, 6) is -1.38. The zero-order valence-corrected chi connectivity index (χ0v) is 26.3. The molecule has 0 fully saturated rings. The van der Waals surface area contributed by atoms with E-state index in [1.165, 1.54) is 25.3 Å². The van der Waals surface area contributed by atoms with E-state index in [0.29, 0.717) is 18.5 Å². The van der Waals surface area contributed by atoms with Crippen molar-refractivity contribution in [2.45, 2.75) is 84.6 Å². The van der Waals surface area contributed by atoms with Gasteiger partial charge < -0.3 is 20.5 Å². The van der Waals surface area contributed by atoms with Crippen LogP contribution in [-0.4, -0.2) is 36.0 Å². The van der Waals surface area contributed by atoms with Crippen molar-refractivity contribution in [2.75, 3.05) is 12.4 Å². The molecule has 1 atom stereocenters. The number of anilines is 1. The number of phenolic OH excluding ortho intramolecular Hbond substituents is 1. The minimum Gasteiger partial charge on any atom is -0.507 e. The molecule has 0 aliphatic rings. The van der Waals surface area contributed by atoms with Crippen molar-refractivity contribution < 1.29 is 24.2 Å². The van der Waals surface area contributed by atoms with Crippen LogP contribution in [0.5, 0.6) is 5.75 Å². The van der Waals surface area contributed by atoms with E-state index in [-0.39, 0.29) is 29.6 Å². The standard InChI is InChI=1S/C36H50N2O5/c1-5-6-7-8-9-10-11-12-13-14-15-16-17-18-19-20-21-22-23-24-34(40)38-32(27-29(2)3)35(41)37-30-25-26-33(39)31(28-30)36(42)43-4/h6-7,9-10,12-13,15-16,18-19,21-22,25-26,28-29,32,39H,5,8,11,14,17,20,23-24,27H2,1-4H3,(H,37,41)(H,38,40)/b7-6-,10-9-,13-12-,16-15-,19-18-,22-21-. The second-order valence-corrected chi connectivity index (χ2v) is 10.4. The molecule has 234 valence electrons. The Balaban J connectivity index is 2.36. The number of methoxy groups -OCH3 is 1. The Labute approximate surface area is 258 Å². The van der Waals surface area contributed by atoms with Crippen molar-refractivity contribution in [1.29, 1.82) is 0 Å². The molecule has 0 bridgehead atoms. The van der Waals surface area contributed by atoms with Gasteiger partial charge in [0.25, 0.3) is 0 Å². The maximum absolute atomic E-state index is 12.9. The summed E-state index contributed by atoms with van der Waals surface area (Å²) in [5.41, 5.74) is 0.269. The monoisotopic (exact) mass is 590 g/mol. The third kappa shape index (κ3) is 18.1. The van der Waals surface area contributed by atoms with Crippen LogP contribution in [-0.2, 0) is 14.3 Å². The smallest absolute Gasteiger partial charge is 0.341 e. The first-order chi connectivity index (χ1) is 20.8. The lowest BCUT2D eigenvalue weighted by molar-refractivity contribution is -0.126. The second-order valence-electron chi connectivity index (χ2n) is 10.4. The molecular weight excluding hydrogens is 540 g/mol. The van der Waals surface area contributed by atoms with E-state index >= 15 is 0 Å². The van der Waals surface area contributed by atoms with Crippen molar-refractivity contribution in [3.8, 4) is 5.75 Å². The number of rotatable bonds is 20. The van der Waals surface area contributed by atoms with Gasteiger partial charge in [-0.15, -0.1) is 0 Å². The van der Waals surface area contributed by atoms with Crippen LogP contribution in [0.4, 0.5) is 5.69 Å². The van der Waals surface area contributed by atoms with Gasteiger partial charge in [-0.3, -0.25) is 9.59 Å². The van der Waals surface area contributed by atoms with Gasteiger partial charge in [-0.05, 0) is 75.5 Å². The summed E-state index contributed by atoms with van der Waals surface area (Å²) in [6.45, 7) is 6.08. The van der Waals surface area contributed by atoms with Crippen LogP contribution in [0.3, 0.4) is 0 Å². The predicted octanol–water partition coefficient (Wildman–Crippen LogP) is 8.13. The molecule has 7 heteroatoms. The molecule has 1 unspecified atom stereocenters. The Kier molecular flexibility index (Phi) is 20.1. The number of phenols is 1. The van der Waals surface area contributed by atoms with Crippen LogP contribution in [0.15, 0.2) is 91.1 Å². The lowest BCUT2D eigenvalue weighted by Gasteiger charge is -2.20. The highest BCUT2D eigenvalue weighted by Gasteiger charge is 2.22. The van der Waals surface area contributed by atoms with E-state index in [1.54, 1.807) is 0 Å². The van der Waals surface area contributed by atoms with Gasteiger partial charge in [-0.2, -0.15) is 0 Å². The molecule has 3 N–H and O–H groups in total. The zero-order chi connectivity index (χ0) is 31.7. The Morgan fingerprint density at radius 1 is 0.814 bits per heavy atom. The normalized spacial score (nSPS) is 13.0. The zero-order valence-electron chi connectivity index (χ0n) is 26.3. The summed E-state index contributed by atoms with van der Waals surface area (Å²) >= 11 is 0. The molecule has 0 heterocycles. The molecule has 1 rings (SSSR count). The van der Waals surface area contributed by atoms with Crippen LogP contribution >= 0.6 is 0 Å². The van der Waals surface area contributed by atoms with Gasteiger partial charge >= 0.3 is 5.97 Å². The largest absolute Gasteiger partial charge is 0.507 e. The van der Waals surface area contributed by atoms with Gasteiger partial charge in [0, 0.05) is 12.1 Å². The van der Waals surface area contributed by atoms with E-state index in [1.807, 2.05) is 26.0 Å². The van der Waals surface area contributed by atoms with Gasteiger partial charge in [0.2, 0.25) is 11.8 Å². The van der Waals surface area contributed by atoms with E-state index < -0.39 is 17.9 Å². The Morgan fingerprint density at radius 2 is 1.33 bits per heavy atom. The third-order valence-electron chi connectivity index (χ3n) is 6.16. The van der Waals surface area contributed by atoms with Crippen LogP contribution < -0.4 is 10.6 Å². The van der Waals surface area contributed by atoms with Gasteiger partial charge in [-0.25, -0.2) is 4.79 Å². The first kappa shape index (κ1) is 36.9. The number of carbonyl (C=O) groups excluding carboxylic acids is 3. The number of hydrogen-bond acceptors (Lipinski definition) is 5. The summed E-state index contributed by atoms with van der Waals surface area (Å²) in [6, 6.07) is 3.41. The Morgan fingerprint density at radius 3 is 1.81 bits per heavy atom. The van der Waals surface area contributed by atoms with Crippen molar-refractivity contribution in [1.82, 2.24) is 5.32 Å². The number of allylic oxidation sites excluding steroid dienone is 12. The molecule has 0 spiro atoms. The Hall–Kier alpha value is -4.13. The maximum Gasteiger partial charge on any atom is 0.341 e. The fraction of sp³-hybridized carbons (Fsp3) is 0.417. The molecule has 0 aliphatic carbocycles. The second kappa shape index (κ2) is 23.4. The molecule has 2 amide bonds. The van der Waals surface area contributed by atoms with Crippen LogP contribution in [0.2, 0.25) is 0 Å². The number of esters is 1. The molecule has 43 heavy (non-hydrogen) atoms. The van der Waals surface area contributed by atoms with Gasteiger partial charge in [0.15, 0.2) is 0 Å². The number of benzene rings is 1. The first-order valence-electron chi connectivity index (χ1n) is 15.2. The number of nitrogens with one attached hydrogen (secondary N) is 2. The lowest BCUT2D eigenvalue weighted by atomic mass is 10.0. The van der Waals surface area contributed by atoms with Crippen molar-refractivity contribution in [3.05, 3.63) is 96.7 Å². The number of hydrogen-bond donors (Lipinski definition) is 3. The summed E-state index contributed by atoms with van der Waals surface area (Å²) < 4.78 is 4.66. The highest BCUT2D eigenvalue weighted by molar-refractivity contribution is 5.99. The van der Waals surface area contributed by atoms with Gasteiger partial charge in [-0.1, -0.05) is 93.7 Å². The molecular formula is C36H50N2O5. The highest BCUT2D eigenvalue weighted by Crippen LogP contribution is 2.22. The molecule has 0 saturated heterocycles.